The Morgan fingerprint density at radius 2 is 2.15 bits per heavy atom. The predicted octanol–water partition coefficient (Wildman–Crippen LogP) is 1.56. The number of carbonyl (C=O) groups is 1. The molecule has 0 aliphatic rings. The minimum absolute atomic E-state index is 0.209. The van der Waals surface area contributed by atoms with Crippen LogP contribution in [0.25, 0.3) is 0 Å². The molecule has 0 fully saturated rings. The van der Waals surface area contributed by atoms with Crippen LogP contribution < -0.4 is 15.4 Å². The van der Waals surface area contributed by atoms with E-state index in [9.17, 15) is 4.79 Å². The summed E-state index contributed by atoms with van der Waals surface area (Å²) in [4.78, 5) is 11.9. The van der Waals surface area contributed by atoms with Crippen LogP contribution in [-0.4, -0.2) is 36.8 Å². The summed E-state index contributed by atoms with van der Waals surface area (Å²) in [6.07, 6.45) is 0.702. The maximum Gasteiger partial charge on any atom is 0.282 e. The first-order valence-corrected chi connectivity index (χ1v) is 6.97. The van der Waals surface area contributed by atoms with Gasteiger partial charge in [0.15, 0.2) is 0 Å². The molecule has 0 unspecified atom stereocenters. The van der Waals surface area contributed by atoms with Gasteiger partial charge in [-0.2, -0.15) is 0 Å². The maximum absolute atomic E-state index is 11.9. The van der Waals surface area contributed by atoms with Crippen molar-refractivity contribution >= 4 is 22.4 Å². The van der Waals surface area contributed by atoms with E-state index in [1.807, 2.05) is 24.3 Å². The zero-order valence-corrected chi connectivity index (χ0v) is 12.2. The zero-order chi connectivity index (χ0) is 14.4. The first kappa shape index (κ1) is 14.3. The van der Waals surface area contributed by atoms with Crippen LogP contribution in [-0.2, 0) is 6.42 Å². The number of nitrogens with zero attached hydrogens (tertiary/aromatic N) is 2. The number of benzene rings is 1. The van der Waals surface area contributed by atoms with Crippen molar-refractivity contribution in [3.05, 3.63) is 34.8 Å². The third-order valence-electron chi connectivity index (χ3n) is 2.71. The van der Waals surface area contributed by atoms with Crippen LogP contribution in [0.15, 0.2) is 24.3 Å². The summed E-state index contributed by atoms with van der Waals surface area (Å²) in [5, 5.41) is 14.3. The monoisotopic (exact) mass is 292 g/mol. The highest BCUT2D eigenvalue weighted by Gasteiger charge is 2.11. The molecule has 6 nitrogen and oxygen atoms in total. The Morgan fingerprint density at radius 3 is 2.85 bits per heavy atom. The Morgan fingerprint density at radius 1 is 1.35 bits per heavy atom. The molecule has 1 amide bonds. The van der Waals surface area contributed by atoms with Crippen molar-refractivity contribution in [2.45, 2.75) is 6.42 Å². The number of hydrogen-bond donors (Lipinski definition) is 2. The first-order chi connectivity index (χ1) is 9.74. The molecule has 0 aliphatic heterocycles. The van der Waals surface area contributed by atoms with Gasteiger partial charge in [0.1, 0.15) is 5.75 Å². The smallest absolute Gasteiger partial charge is 0.282 e. The van der Waals surface area contributed by atoms with Crippen molar-refractivity contribution in [1.29, 1.82) is 0 Å². The Kier molecular flexibility index (Phi) is 4.89. The van der Waals surface area contributed by atoms with Crippen LogP contribution in [0.5, 0.6) is 5.75 Å². The molecule has 0 aliphatic carbocycles. The molecule has 0 saturated heterocycles. The molecule has 20 heavy (non-hydrogen) atoms. The van der Waals surface area contributed by atoms with Crippen LogP contribution in [0.2, 0.25) is 0 Å². The van der Waals surface area contributed by atoms with Crippen molar-refractivity contribution in [3.63, 3.8) is 0 Å². The highest BCUT2D eigenvalue weighted by molar-refractivity contribution is 7.17. The summed E-state index contributed by atoms with van der Waals surface area (Å²) >= 11 is 1.22. The Bertz CT molecular complexity index is 585. The third-order valence-corrected chi connectivity index (χ3v) is 3.65. The average Bonchev–Trinajstić information content (AvgIpc) is 2.96. The van der Waals surface area contributed by atoms with Crippen LogP contribution in [0.3, 0.4) is 0 Å². The topological polar surface area (TPSA) is 76.1 Å². The van der Waals surface area contributed by atoms with Crippen molar-refractivity contribution in [2.75, 3.05) is 26.0 Å². The Labute approximate surface area is 121 Å². The minimum atomic E-state index is -0.209. The normalized spacial score (nSPS) is 10.1. The van der Waals surface area contributed by atoms with E-state index in [4.69, 9.17) is 4.74 Å². The predicted molar refractivity (Wildman–Crippen MR) is 78.5 cm³/mol. The summed E-state index contributed by atoms with van der Waals surface area (Å²) in [6, 6.07) is 7.75. The summed E-state index contributed by atoms with van der Waals surface area (Å²) in [6.45, 7) is 0.522. The van der Waals surface area contributed by atoms with Crippen LogP contribution in [0.4, 0.5) is 5.13 Å². The number of anilines is 1. The minimum Gasteiger partial charge on any atom is -0.496 e. The molecule has 2 aromatic rings. The molecule has 1 aromatic heterocycles. The van der Waals surface area contributed by atoms with Gasteiger partial charge in [0, 0.05) is 13.6 Å². The Hall–Kier alpha value is -2.15. The molecule has 1 heterocycles. The fourth-order valence-electron chi connectivity index (χ4n) is 1.71. The molecule has 106 valence electrons. The van der Waals surface area contributed by atoms with Gasteiger partial charge in [0.2, 0.25) is 10.1 Å². The van der Waals surface area contributed by atoms with Gasteiger partial charge in [-0.15, -0.1) is 10.2 Å². The summed E-state index contributed by atoms with van der Waals surface area (Å²) in [5.74, 6) is 0.619. The highest BCUT2D eigenvalue weighted by Crippen LogP contribution is 2.17. The van der Waals surface area contributed by atoms with E-state index in [1.54, 1.807) is 14.2 Å². The molecular formula is C13H16N4O2S. The molecule has 0 atom stereocenters. The van der Waals surface area contributed by atoms with Gasteiger partial charge < -0.3 is 15.4 Å². The molecule has 0 saturated carbocycles. The van der Waals surface area contributed by atoms with Crippen molar-refractivity contribution in [3.8, 4) is 5.75 Å². The maximum atomic E-state index is 11.9. The fourth-order valence-corrected chi connectivity index (χ4v) is 2.33. The molecule has 0 bridgehead atoms. The number of amides is 1. The van der Waals surface area contributed by atoms with Gasteiger partial charge in [0.25, 0.3) is 5.91 Å². The van der Waals surface area contributed by atoms with E-state index < -0.39 is 0 Å². The van der Waals surface area contributed by atoms with Gasteiger partial charge >= 0.3 is 0 Å². The van der Waals surface area contributed by atoms with Crippen molar-refractivity contribution < 1.29 is 9.53 Å². The third kappa shape index (κ3) is 3.45. The van der Waals surface area contributed by atoms with Crippen LogP contribution in [0, 0.1) is 0 Å². The lowest BCUT2D eigenvalue weighted by molar-refractivity contribution is 0.0953. The van der Waals surface area contributed by atoms with Crippen LogP contribution >= 0.6 is 11.3 Å². The van der Waals surface area contributed by atoms with Crippen molar-refractivity contribution in [1.82, 2.24) is 15.5 Å². The molecule has 7 heteroatoms. The fraction of sp³-hybridized carbons (Fsp3) is 0.308. The summed E-state index contributed by atoms with van der Waals surface area (Å²) < 4.78 is 5.26. The number of carbonyl (C=O) groups excluding carboxylic acids is 1. The van der Waals surface area contributed by atoms with E-state index in [-0.39, 0.29) is 5.91 Å². The lowest BCUT2D eigenvalue weighted by atomic mass is 10.1. The molecule has 2 rings (SSSR count). The molecule has 1 aromatic carbocycles. The lowest BCUT2D eigenvalue weighted by Gasteiger charge is -2.08. The summed E-state index contributed by atoms with van der Waals surface area (Å²) in [5.41, 5.74) is 1.06. The second-order valence-electron chi connectivity index (χ2n) is 3.98. The standard InChI is InChI=1S/C13H16N4O2S/c1-14-13-17-16-12(20-13)11(18)15-8-7-9-5-3-4-6-10(9)19-2/h3-6H,7-8H2,1-2H3,(H,14,17)(H,15,18). The number of hydrogen-bond acceptors (Lipinski definition) is 6. The zero-order valence-electron chi connectivity index (χ0n) is 11.3. The van der Waals surface area contributed by atoms with E-state index in [1.165, 1.54) is 11.3 Å². The van der Waals surface area contributed by atoms with Gasteiger partial charge in [-0.3, -0.25) is 4.79 Å². The van der Waals surface area contributed by atoms with E-state index in [2.05, 4.69) is 20.8 Å². The van der Waals surface area contributed by atoms with Gasteiger partial charge in [-0.1, -0.05) is 29.5 Å². The van der Waals surface area contributed by atoms with Gasteiger partial charge in [0.05, 0.1) is 7.11 Å². The molecule has 0 radical (unpaired) electrons. The average molecular weight is 292 g/mol. The molecule has 2 N–H and O–H groups in total. The number of aromatic nitrogens is 2. The lowest BCUT2D eigenvalue weighted by Crippen LogP contribution is -2.25. The van der Waals surface area contributed by atoms with E-state index in [0.29, 0.717) is 23.1 Å². The van der Waals surface area contributed by atoms with Gasteiger partial charge in [-0.25, -0.2) is 0 Å². The second kappa shape index (κ2) is 6.85. The highest BCUT2D eigenvalue weighted by atomic mass is 32.1. The number of ether oxygens (including phenoxy) is 1. The Balaban J connectivity index is 1.87. The van der Waals surface area contributed by atoms with E-state index >= 15 is 0 Å². The quantitative estimate of drug-likeness (QED) is 0.845. The SMILES string of the molecule is CNc1nnc(C(=O)NCCc2ccccc2OC)s1. The summed E-state index contributed by atoms with van der Waals surface area (Å²) in [7, 11) is 3.38. The van der Waals surface area contributed by atoms with Crippen LogP contribution in [0.1, 0.15) is 15.4 Å². The number of rotatable bonds is 6. The number of methoxy groups -OCH3 is 1. The number of nitrogens with one attached hydrogen (secondary N) is 2. The molecular weight excluding hydrogens is 276 g/mol. The molecule has 0 spiro atoms. The van der Waals surface area contributed by atoms with Gasteiger partial charge in [-0.05, 0) is 18.1 Å². The van der Waals surface area contributed by atoms with Crippen molar-refractivity contribution in [2.24, 2.45) is 0 Å². The number of para-hydroxylation sites is 1. The first-order valence-electron chi connectivity index (χ1n) is 6.16. The van der Waals surface area contributed by atoms with E-state index in [0.717, 1.165) is 11.3 Å². The second-order valence-corrected chi connectivity index (χ2v) is 4.96. The largest absolute Gasteiger partial charge is 0.496 e.